The highest BCUT2D eigenvalue weighted by molar-refractivity contribution is 9.09. The molecule has 3 nitrogen and oxygen atoms in total. The molecule has 0 saturated carbocycles. The predicted octanol–water partition coefficient (Wildman–Crippen LogP) is 2.61. The molecular formula is C13H19BrN2O. The van der Waals surface area contributed by atoms with Gasteiger partial charge in [0, 0.05) is 43.8 Å². The summed E-state index contributed by atoms with van der Waals surface area (Å²) in [5.41, 5.74) is 1.82. The van der Waals surface area contributed by atoms with Gasteiger partial charge in [0.1, 0.15) is 0 Å². The van der Waals surface area contributed by atoms with Gasteiger partial charge in [-0.1, -0.05) is 15.9 Å². The number of halogens is 1. The summed E-state index contributed by atoms with van der Waals surface area (Å²) in [6, 6.07) is 7.85. The minimum absolute atomic E-state index is 0.0576. The van der Waals surface area contributed by atoms with Gasteiger partial charge in [0.2, 0.25) is 0 Å². The third-order valence-electron chi connectivity index (χ3n) is 2.84. The number of carbonyl (C=O) groups is 1. The van der Waals surface area contributed by atoms with Gasteiger partial charge in [-0.15, -0.1) is 0 Å². The van der Waals surface area contributed by atoms with E-state index in [0.717, 1.165) is 16.6 Å². The molecule has 0 radical (unpaired) electrons. The summed E-state index contributed by atoms with van der Waals surface area (Å²) in [6.07, 6.45) is 0. The van der Waals surface area contributed by atoms with Crippen LogP contribution in [0.1, 0.15) is 17.3 Å². The summed E-state index contributed by atoms with van der Waals surface area (Å²) in [5, 5.41) is 0.783. The molecule has 4 heteroatoms. The fourth-order valence-electron chi connectivity index (χ4n) is 1.41. The Hall–Kier alpha value is -1.03. The SMILES string of the molecule is CC(CBr)N(C)C(=O)c1ccc(N(C)C)cc1. The maximum absolute atomic E-state index is 12.1. The van der Waals surface area contributed by atoms with Gasteiger partial charge < -0.3 is 9.80 Å². The lowest BCUT2D eigenvalue weighted by atomic mass is 10.1. The molecule has 0 N–H and O–H groups in total. The molecule has 0 aliphatic rings. The molecule has 0 aliphatic carbocycles. The Morgan fingerprint density at radius 2 is 1.76 bits per heavy atom. The molecule has 0 saturated heterocycles. The average Bonchev–Trinajstić information content (AvgIpc) is 2.36. The molecule has 94 valence electrons. The number of amides is 1. The first kappa shape index (κ1) is 14.0. The van der Waals surface area contributed by atoms with Crippen LogP contribution in [0.3, 0.4) is 0 Å². The summed E-state index contributed by atoms with van der Waals surface area (Å²) in [4.78, 5) is 15.9. The summed E-state index contributed by atoms with van der Waals surface area (Å²) < 4.78 is 0. The topological polar surface area (TPSA) is 23.6 Å². The lowest BCUT2D eigenvalue weighted by Crippen LogP contribution is -2.36. The minimum atomic E-state index is 0.0576. The van der Waals surface area contributed by atoms with Crippen molar-refractivity contribution in [2.75, 3.05) is 31.4 Å². The van der Waals surface area contributed by atoms with Crippen LogP contribution >= 0.6 is 15.9 Å². The number of carbonyl (C=O) groups excluding carboxylic acids is 1. The van der Waals surface area contributed by atoms with Crippen molar-refractivity contribution >= 4 is 27.5 Å². The van der Waals surface area contributed by atoms with Gasteiger partial charge in [0.15, 0.2) is 0 Å². The molecule has 0 aromatic heterocycles. The number of rotatable bonds is 4. The van der Waals surface area contributed by atoms with Crippen LogP contribution in [0.15, 0.2) is 24.3 Å². The Kier molecular flexibility index (Phi) is 5.00. The van der Waals surface area contributed by atoms with Crippen molar-refractivity contribution < 1.29 is 4.79 Å². The maximum Gasteiger partial charge on any atom is 0.253 e. The van der Waals surface area contributed by atoms with Gasteiger partial charge in [-0.05, 0) is 31.2 Å². The zero-order chi connectivity index (χ0) is 13.0. The molecule has 1 atom stereocenters. The molecular weight excluding hydrogens is 280 g/mol. The third-order valence-corrected chi connectivity index (χ3v) is 3.77. The van der Waals surface area contributed by atoms with Crippen molar-refractivity contribution in [3.63, 3.8) is 0 Å². The Morgan fingerprint density at radius 1 is 1.24 bits per heavy atom. The van der Waals surface area contributed by atoms with E-state index in [1.807, 2.05) is 57.2 Å². The first-order valence-electron chi connectivity index (χ1n) is 5.58. The van der Waals surface area contributed by atoms with Gasteiger partial charge in [-0.2, -0.15) is 0 Å². The molecule has 0 aliphatic heterocycles. The van der Waals surface area contributed by atoms with Crippen molar-refractivity contribution in [3.8, 4) is 0 Å². The molecule has 1 unspecified atom stereocenters. The second kappa shape index (κ2) is 6.05. The van der Waals surface area contributed by atoms with E-state index in [9.17, 15) is 4.79 Å². The van der Waals surface area contributed by atoms with Crippen LogP contribution in [0.4, 0.5) is 5.69 Å². The Morgan fingerprint density at radius 3 is 2.18 bits per heavy atom. The highest BCUT2D eigenvalue weighted by Crippen LogP contribution is 2.14. The van der Waals surface area contributed by atoms with Crippen molar-refractivity contribution in [1.29, 1.82) is 0 Å². The van der Waals surface area contributed by atoms with Crippen LogP contribution in [0.5, 0.6) is 0 Å². The predicted molar refractivity (Wildman–Crippen MR) is 76.1 cm³/mol. The molecule has 17 heavy (non-hydrogen) atoms. The van der Waals surface area contributed by atoms with Crippen LogP contribution in [0, 0.1) is 0 Å². The first-order valence-corrected chi connectivity index (χ1v) is 6.70. The van der Waals surface area contributed by atoms with Crippen molar-refractivity contribution in [2.24, 2.45) is 0 Å². The van der Waals surface area contributed by atoms with Crippen LogP contribution in [0.25, 0.3) is 0 Å². The van der Waals surface area contributed by atoms with Crippen molar-refractivity contribution in [1.82, 2.24) is 4.90 Å². The van der Waals surface area contributed by atoms with Gasteiger partial charge in [0.05, 0.1) is 0 Å². The molecule has 0 spiro atoms. The number of alkyl halides is 1. The Bertz CT molecular complexity index is 376. The lowest BCUT2D eigenvalue weighted by molar-refractivity contribution is 0.0758. The van der Waals surface area contributed by atoms with E-state index in [1.165, 1.54) is 0 Å². The van der Waals surface area contributed by atoms with E-state index in [2.05, 4.69) is 15.9 Å². The quantitative estimate of drug-likeness (QED) is 0.798. The molecule has 0 fully saturated rings. The van der Waals surface area contributed by atoms with Gasteiger partial charge >= 0.3 is 0 Å². The van der Waals surface area contributed by atoms with Crippen molar-refractivity contribution in [2.45, 2.75) is 13.0 Å². The highest BCUT2D eigenvalue weighted by Gasteiger charge is 2.16. The molecule has 1 rings (SSSR count). The standard InChI is InChI=1S/C13H19BrN2O/c1-10(9-14)16(4)13(17)11-5-7-12(8-6-11)15(2)3/h5-8,10H,9H2,1-4H3. The smallest absolute Gasteiger partial charge is 0.253 e. The van der Waals surface area contributed by atoms with E-state index in [1.54, 1.807) is 4.90 Å². The van der Waals surface area contributed by atoms with Gasteiger partial charge in [0.25, 0.3) is 5.91 Å². The normalized spacial score (nSPS) is 12.1. The van der Waals surface area contributed by atoms with E-state index < -0.39 is 0 Å². The zero-order valence-corrected chi connectivity index (χ0v) is 12.4. The average molecular weight is 299 g/mol. The van der Waals surface area contributed by atoms with E-state index in [-0.39, 0.29) is 11.9 Å². The first-order chi connectivity index (χ1) is 7.97. The minimum Gasteiger partial charge on any atom is -0.378 e. The van der Waals surface area contributed by atoms with Crippen LogP contribution in [-0.4, -0.2) is 43.3 Å². The van der Waals surface area contributed by atoms with Crippen molar-refractivity contribution in [3.05, 3.63) is 29.8 Å². The highest BCUT2D eigenvalue weighted by atomic mass is 79.9. The number of hydrogen-bond acceptors (Lipinski definition) is 2. The molecule has 0 heterocycles. The van der Waals surface area contributed by atoms with Gasteiger partial charge in [-0.25, -0.2) is 0 Å². The monoisotopic (exact) mass is 298 g/mol. The van der Waals surface area contributed by atoms with E-state index in [4.69, 9.17) is 0 Å². The third kappa shape index (κ3) is 3.46. The van der Waals surface area contributed by atoms with Crippen LogP contribution < -0.4 is 4.90 Å². The summed E-state index contributed by atoms with van der Waals surface area (Å²) in [5.74, 6) is 0.0576. The molecule has 1 aromatic carbocycles. The zero-order valence-electron chi connectivity index (χ0n) is 10.8. The molecule has 1 aromatic rings. The largest absolute Gasteiger partial charge is 0.378 e. The van der Waals surface area contributed by atoms with Crippen LogP contribution in [-0.2, 0) is 0 Å². The maximum atomic E-state index is 12.1. The lowest BCUT2D eigenvalue weighted by Gasteiger charge is -2.23. The molecule has 1 amide bonds. The number of nitrogens with zero attached hydrogens (tertiary/aromatic N) is 2. The van der Waals surface area contributed by atoms with Gasteiger partial charge in [-0.3, -0.25) is 4.79 Å². The fourth-order valence-corrected chi connectivity index (χ4v) is 1.84. The fraction of sp³-hybridized carbons (Fsp3) is 0.462. The Labute approximate surface area is 112 Å². The Balaban J connectivity index is 2.83. The second-order valence-electron chi connectivity index (χ2n) is 4.36. The summed E-state index contributed by atoms with van der Waals surface area (Å²) in [7, 11) is 5.79. The van der Waals surface area contributed by atoms with Crippen LogP contribution in [0.2, 0.25) is 0 Å². The summed E-state index contributed by atoms with van der Waals surface area (Å²) >= 11 is 3.39. The molecule has 0 bridgehead atoms. The number of benzene rings is 1. The number of anilines is 1. The second-order valence-corrected chi connectivity index (χ2v) is 5.01. The number of hydrogen-bond donors (Lipinski definition) is 0. The van der Waals surface area contributed by atoms with E-state index in [0.29, 0.717) is 0 Å². The summed E-state index contributed by atoms with van der Waals surface area (Å²) in [6.45, 7) is 2.01. The van der Waals surface area contributed by atoms with E-state index >= 15 is 0 Å².